The highest BCUT2D eigenvalue weighted by Crippen LogP contribution is 2.15. The predicted octanol–water partition coefficient (Wildman–Crippen LogP) is 4.27. The Kier molecular flexibility index (Phi) is 4.15. The van der Waals surface area contributed by atoms with E-state index >= 15 is 0 Å². The van der Waals surface area contributed by atoms with E-state index in [0.29, 0.717) is 17.3 Å². The minimum absolute atomic E-state index is 0.311. The molecule has 1 N–H and O–H groups in total. The smallest absolute Gasteiger partial charge is 0.149 e. The Morgan fingerprint density at radius 3 is 2.39 bits per heavy atom. The number of benzene rings is 2. The van der Waals surface area contributed by atoms with Crippen LogP contribution in [0.15, 0.2) is 42.5 Å². The van der Waals surface area contributed by atoms with Crippen LogP contribution in [0.25, 0.3) is 0 Å². The molecular weight excluding hydrogens is 256 g/mol. The molecule has 18 heavy (non-hydrogen) atoms. The van der Waals surface area contributed by atoms with Gasteiger partial charge >= 0.3 is 0 Å². The topological polar surface area (TPSA) is 12.0 Å². The van der Waals surface area contributed by atoms with Crippen molar-refractivity contribution in [2.45, 2.75) is 6.42 Å². The van der Waals surface area contributed by atoms with Gasteiger partial charge in [0.2, 0.25) is 0 Å². The number of anilines is 1. The summed E-state index contributed by atoms with van der Waals surface area (Å²) in [6, 6.07) is 11.0. The molecule has 0 bridgehead atoms. The van der Waals surface area contributed by atoms with Gasteiger partial charge in [-0.1, -0.05) is 23.7 Å². The van der Waals surface area contributed by atoms with Crippen molar-refractivity contribution in [1.29, 1.82) is 0 Å². The van der Waals surface area contributed by atoms with Crippen LogP contribution in [0.4, 0.5) is 14.5 Å². The summed E-state index contributed by atoms with van der Waals surface area (Å²) in [5.41, 5.74) is 1.42. The van der Waals surface area contributed by atoms with Crippen molar-refractivity contribution in [2.75, 3.05) is 11.9 Å². The van der Waals surface area contributed by atoms with Crippen LogP contribution in [-0.4, -0.2) is 6.54 Å². The number of hydrogen-bond donors (Lipinski definition) is 1. The molecule has 0 heterocycles. The van der Waals surface area contributed by atoms with Gasteiger partial charge in [-0.25, -0.2) is 8.78 Å². The fourth-order valence-electron chi connectivity index (χ4n) is 1.63. The van der Waals surface area contributed by atoms with E-state index in [2.05, 4.69) is 5.32 Å². The SMILES string of the molecule is Fc1ccc(NCCc2ccc(Cl)cc2)c(F)c1. The second kappa shape index (κ2) is 5.83. The van der Waals surface area contributed by atoms with Gasteiger partial charge in [0.25, 0.3) is 0 Å². The van der Waals surface area contributed by atoms with E-state index in [-0.39, 0.29) is 0 Å². The average Bonchev–Trinajstić information content (AvgIpc) is 2.34. The van der Waals surface area contributed by atoms with Crippen LogP contribution < -0.4 is 5.32 Å². The highest BCUT2D eigenvalue weighted by Gasteiger charge is 2.02. The summed E-state index contributed by atoms with van der Waals surface area (Å²) in [6.07, 6.45) is 0.744. The Balaban J connectivity index is 1.90. The van der Waals surface area contributed by atoms with E-state index in [0.717, 1.165) is 18.1 Å². The van der Waals surface area contributed by atoms with E-state index in [1.165, 1.54) is 12.1 Å². The van der Waals surface area contributed by atoms with Crippen LogP contribution in [0.2, 0.25) is 5.02 Å². The van der Waals surface area contributed by atoms with Crippen LogP contribution in [0.5, 0.6) is 0 Å². The van der Waals surface area contributed by atoms with Gasteiger partial charge < -0.3 is 5.32 Å². The van der Waals surface area contributed by atoms with Gasteiger partial charge in [0.15, 0.2) is 0 Å². The first-order chi connectivity index (χ1) is 8.65. The molecule has 0 atom stereocenters. The third-order valence-electron chi connectivity index (χ3n) is 2.57. The molecule has 2 aromatic carbocycles. The monoisotopic (exact) mass is 267 g/mol. The predicted molar refractivity (Wildman–Crippen MR) is 70.0 cm³/mol. The van der Waals surface area contributed by atoms with E-state index in [1.54, 1.807) is 0 Å². The third-order valence-corrected chi connectivity index (χ3v) is 2.83. The molecule has 4 heteroatoms. The van der Waals surface area contributed by atoms with E-state index in [1.807, 2.05) is 24.3 Å². The maximum Gasteiger partial charge on any atom is 0.149 e. The summed E-state index contributed by atoms with van der Waals surface area (Å²) in [4.78, 5) is 0. The molecule has 0 spiro atoms. The molecular formula is C14H12ClF2N. The fourth-order valence-corrected chi connectivity index (χ4v) is 1.75. The van der Waals surface area contributed by atoms with Crippen LogP contribution >= 0.6 is 11.6 Å². The van der Waals surface area contributed by atoms with E-state index in [4.69, 9.17) is 11.6 Å². The van der Waals surface area contributed by atoms with Gasteiger partial charge in [0, 0.05) is 17.6 Å². The molecule has 0 aliphatic rings. The van der Waals surface area contributed by atoms with Crippen LogP contribution in [0.3, 0.4) is 0 Å². The average molecular weight is 268 g/mol. The highest BCUT2D eigenvalue weighted by molar-refractivity contribution is 6.30. The standard InChI is InChI=1S/C14H12ClF2N/c15-11-3-1-10(2-4-11)7-8-18-14-6-5-12(16)9-13(14)17/h1-6,9,18H,7-8H2. The Bertz CT molecular complexity index is 526. The summed E-state index contributed by atoms with van der Waals surface area (Å²) in [5, 5.41) is 3.62. The summed E-state index contributed by atoms with van der Waals surface area (Å²) in [5.74, 6) is -1.15. The molecule has 0 aromatic heterocycles. The lowest BCUT2D eigenvalue weighted by molar-refractivity contribution is 0.585. The largest absolute Gasteiger partial charge is 0.382 e. The van der Waals surface area contributed by atoms with Gasteiger partial charge in [0.05, 0.1) is 5.69 Å². The zero-order valence-corrected chi connectivity index (χ0v) is 10.3. The molecule has 0 unspecified atom stereocenters. The number of hydrogen-bond acceptors (Lipinski definition) is 1. The second-order valence-corrected chi connectivity index (χ2v) is 4.36. The van der Waals surface area contributed by atoms with Crippen molar-refractivity contribution < 1.29 is 8.78 Å². The summed E-state index contributed by atoms with van der Waals surface area (Å²) >= 11 is 5.78. The van der Waals surface area contributed by atoms with Gasteiger partial charge in [-0.3, -0.25) is 0 Å². The molecule has 2 aromatic rings. The van der Waals surface area contributed by atoms with Crippen molar-refractivity contribution >= 4 is 17.3 Å². The van der Waals surface area contributed by atoms with Crippen molar-refractivity contribution in [3.63, 3.8) is 0 Å². The fraction of sp³-hybridized carbons (Fsp3) is 0.143. The molecule has 0 aliphatic heterocycles. The summed E-state index contributed by atoms with van der Waals surface area (Å²) in [7, 11) is 0. The molecule has 1 nitrogen and oxygen atoms in total. The Hall–Kier alpha value is -1.61. The molecule has 0 radical (unpaired) electrons. The molecule has 0 saturated heterocycles. The van der Waals surface area contributed by atoms with Gasteiger partial charge in [-0.2, -0.15) is 0 Å². The molecule has 0 aliphatic carbocycles. The molecule has 2 rings (SSSR count). The molecule has 0 saturated carbocycles. The second-order valence-electron chi connectivity index (χ2n) is 3.93. The lowest BCUT2D eigenvalue weighted by atomic mass is 10.1. The minimum atomic E-state index is -0.578. The number of nitrogens with one attached hydrogen (secondary N) is 1. The molecule has 0 fully saturated rings. The Morgan fingerprint density at radius 1 is 1.00 bits per heavy atom. The quantitative estimate of drug-likeness (QED) is 0.872. The number of halogens is 3. The zero-order valence-electron chi connectivity index (χ0n) is 9.59. The maximum atomic E-state index is 13.3. The van der Waals surface area contributed by atoms with Gasteiger partial charge in [-0.15, -0.1) is 0 Å². The summed E-state index contributed by atoms with van der Waals surface area (Å²) in [6.45, 7) is 0.574. The van der Waals surface area contributed by atoms with E-state index in [9.17, 15) is 8.78 Å². The summed E-state index contributed by atoms with van der Waals surface area (Å²) < 4.78 is 26.0. The van der Waals surface area contributed by atoms with Crippen molar-refractivity contribution in [1.82, 2.24) is 0 Å². The lowest BCUT2D eigenvalue weighted by Crippen LogP contribution is -2.06. The highest BCUT2D eigenvalue weighted by atomic mass is 35.5. The Morgan fingerprint density at radius 2 is 1.72 bits per heavy atom. The van der Waals surface area contributed by atoms with Crippen LogP contribution in [0.1, 0.15) is 5.56 Å². The van der Waals surface area contributed by atoms with Crippen molar-refractivity contribution in [3.8, 4) is 0 Å². The Labute approximate surface area is 109 Å². The molecule has 0 amide bonds. The zero-order chi connectivity index (χ0) is 13.0. The first-order valence-electron chi connectivity index (χ1n) is 5.58. The minimum Gasteiger partial charge on any atom is -0.382 e. The van der Waals surface area contributed by atoms with Crippen molar-refractivity contribution in [3.05, 3.63) is 64.7 Å². The first-order valence-corrected chi connectivity index (χ1v) is 5.96. The van der Waals surface area contributed by atoms with Crippen molar-refractivity contribution in [2.24, 2.45) is 0 Å². The van der Waals surface area contributed by atoms with E-state index < -0.39 is 11.6 Å². The van der Waals surface area contributed by atoms with Crippen LogP contribution in [-0.2, 0) is 6.42 Å². The maximum absolute atomic E-state index is 13.3. The third kappa shape index (κ3) is 3.44. The van der Waals surface area contributed by atoms with Gasteiger partial charge in [-0.05, 0) is 36.2 Å². The lowest BCUT2D eigenvalue weighted by Gasteiger charge is -2.07. The molecule has 94 valence electrons. The van der Waals surface area contributed by atoms with Gasteiger partial charge in [0.1, 0.15) is 11.6 Å². The normalized spacial score (nSPS) is 10.4. The first kappa shape index (κ1) is 12.8. The number of rotatable bonds is 4. The van der Waals surface area contributed by atoms with Crippen LogP contribution in [0, 0.1) is 11.6 Å².